The van der Waals surface area contributed by atoms with E-state index in [0.29, 0.717) is 29.6 Å². The van der Waals surface area contributed by atoms with E-state index in [-0.39, 0.29) is 11.5 Å². The fourth-order valence-corrected chi connectivity index (χ4v) is 5.72. The highest BCUT2D eigenvalue weighted by molar-refractivity contribution is 7.91. The predicted molar refractivity (Wildman–Crippen MR) is 70.2 cm³/mol. The molecule has 0 aromatic carbocycles. The van der Waals surface area contributed by atoms with Crippen LogP contribution < -0.4 is 5.32 Å². The van der Waals surface area contributed by atoms with Crippen molar-refractivity contribution in [1.29, 1.82) is 0 Å². The van der Waals surface area contributed by atoms with Gasteiger partial charge in [0.25, 0.3) is 0 Å². The summed E-state index contributed by atoms with van der Waals surface area (Å²) in [5, 5.41) is 3.61. The molecule has 2 heterocycles. The SMILES string of the molecule is CC1(C)C(NC2CCCS(=O)(=O)C2)C2CCOC21. The molecule has 1 saturated carbocycles. The van der Waals surface area contributed by atoms with Gasteiger partial charge in [0.1, 0.15) is 0 Å². The molecule has 2 aliphatic heterocycles. The minimum absolute atomic E-state index is 0.141. The average molecular weight is 273 g/mol. The summed E-state index contributed by atoms with van der Waals surface area (Å²) in [5.41, 5.74) is 0.141. The van der Waals surface area contributed by atoms with Crippen LogP contribution >= 0.6 is 0 Å². The van der Waals surface area contributed by atoms with Crippen LogP contribution in [0.4, 0.5) is 0 Å². The van der Waals surface area contributed by atoms with Crippen LogP contribution in [0.5, 0.6) is 0 Å². The van der Waals surface area contributed by atoms with E-state index in [2.05, 4.69) is 19.2 Å². The number of fused-ring (bicyclic) bond motifs is 1. The Balaban J connectivity index is 1.66. The van der Waals surface area contributed by atoms with Crippen molar-refractivity contribution in [1.82, 2.24) is 5.32 Å². The Hall–Kier alpha value is -0.130. The number of hydrogen-bond acceptors (Lipinski definition) is 4. The molecule has 0 amide bonds. The van der Waals surface area contributed by atoms with Crippen molar-refractivity contribution in [2.24, 2.45) is 11.3 Å². The number of nitrogens with one attached hydrogen (secondary N) is 1. The lowest BCUT2D eigenvalue weighted by molar-refractivity contribution is -0.115. The van der Waals surface area contributed by atoms with E-state index in [9.17, 15) is 8.42 Å². The molecule has 4 nitrogen and oxygen atoms in total. The zero-order valence-corrected chi connectivity index (χ0v) is 12.0. The van der Waals surface area contributed by atoms with E-state index in [1.54, 1.807) is 0 Å². The second-order valence-corrected chi connectivity index (χ2v) is 8.89. The number of sulfone groups is 1. The van der Waals surface area contributed by atoms with Crippen LogP contribution in [0.25, 0.3) is 0 Å². The fraction of sp³-hybridized carbons (Fsp3) is 1.00. The molecule has 18 heavy (non-hydrogen) atoms. The molecule has 1 aliphatic carbocycles. The van der Waals surface area contributed by atoms with Crippen molar-refractivity contribution in [3.05, 3.63) is 0 Å². The first-order valence-corrected chi connectivity index (χ1v) is 8.80. The van der Waals surface area contributed by atoms with Crippen molar-refractivity contribution >= 4 is 9.84 Å². The summed E-state index contributed by atoms with van der Waals surface area (Å²) in [6.45, 7) is 5.32. The average Bonchev–Trinajstić information content (AvgIpc) is 2.71. The highest BCUT2D eigenvalue weighted by Gasteiger charge is 2.59. The summed E-state index contributed by atoms with van der Waals surface area (Å²) in [7, 11) is -2.81. The van der Waals surface area contributed by atoms with Gasteiger partial charge in [-0.1, -0.05) is 13.8 Å². The molecule has 0 aromatic rings. The Morgan fingerprint density at radius 1 is 1.28 bits per heavy atom. The molecule has 2 saturated heterocycles. The summed E-state index contributed by atoms with van der Waals surface area (Å²) in [5.74, 6) is 1.27. The maximum Gasteiger partial charge on any atom is 0.151 e. The van der Waals surface area contributed by atoms with E-state index in [0.717, 1.165) is 25.9 Å². The first kappa shape index (κ1) is 12.9. The Morgan fingerprint density at radius 3 is 2.78 bits per heavy atom. The van der Waals surface area contributed by atoms with E-state index < -0.39 is 9.84 Å². The topological polar surface area (TPSA) is 55.4 Å². The molecule has 4 atom stereocenters. The molecule has 5 heteroatoms. The minimum atomic E-state index is -2.81. The molecule has 3 aliphatic rings. The van der Waals surface area contributed by atoms with Gasteiger partial charge in [0.05, 0.1) is 17.6 Å². The summed E-state index contributed by atoms with van der Waals surface area (Å²) >= 11 is 0. The highest BCUT2D eigenvalue weighted by Crippen LogP contribution is 2.52. The minimum Gasteiger partial charge on any atom is -0.377 e. The smallest absolute Gasteiger partial charge is 0.151 e. The van der Waals surface area contributed by atoms with Gasteiger partial charge < -0.3 is 10.1 Å². The van der Waals surface area contributed by atoms with Gasteiger partial charge >= 0.3 is 0 Å². The molecule has 0 bridgehead atoms. The number of rotatable bonds is 2. The first-order chi connectivity index (χ1) is 8.40. The molecular weight excluding hydrogens is 250 g/mol. The number of hydrogen-bond donors (Lipinski definition) is 1. The summed E-state index contributed by atoms with van der Waals surface area (Å²) in [6, 6.07) is 0.567. The molecule has 0 aromatic heterocycles. The van der Waals surface area contributed by atoms with Gasteiger partial charge in [0, 0.05) is 30.0 Å². The van der Waals surface area contributed by atoms with Crippen LogP contribution in [-0.2, 0) is 14.6 Å². The lowest BCUT2D eigenvalue weighted by atomic mass is 9.57. The standard InChI is InChI=1S/C13H23NO3S/c1-13(2)11(10-5-6-17-12(10)13)14-9-4-3-7-18(15,16)8-9/h9-12,14H,3-8H2,1-2H3. The molecule has 104 valence electrons. The van der Waals surface area contributed by atoms with Crippen molar-refractivity contribution in [3.8, 4) is 0 Å². The molecule has 1 N–H and O–H groups in total. The molecule has 3 fully saturated rings. The van der Waals surface area contributed by atoms with Crippen LogP contribution in [0.15, 0.2) is 0 Å². The maximum absolute atomic E-state index is 11.7. The van der Waals surface area contributed by atoms with Crippen LogP contribution in [0, 0.1) is 11.3 Å². The second kappa shape index (κ2) is 4.18. The normalized spacial score (nSPS) is 45.2. The third-order valence-electron chi connectivity index (χ3n) is 4.98. The lowest BCUT2D eigenvalue weighted by Gasteiger charge is -2.56. The number of ether oxygens (including phenoxy) is 1. The van der Waals surface area contributed by atoms with Crippen LogP contribution in [0.2, 0.25) is 0 Å². The van der Waals surface area contributed by atoms with Gasteiger partial charge in [0.15, 0.2) is 9.84 Å². The van der Waals surface area contributed by atoms with Crippen molar-refractivity contribution in [2.45, 2.75) is 51.3 Å². The zero-order chi connectivity index (χ0) is 13.0. The monoisotopic (exact) mass is 273 g/mol. The van der Waals surface area contributed by atoms with Gasteiger partial charge in [0.2, 0.25) is 0 Å². The van der Waals surface area contributed by atoms with Crippen LogP contribution in [0.1, 0.15) is 33.1 Å². The van der Waals surface area contributed by atoms with Gasteiger partial charge in [-0.2, -0.15) is 0 Å². The molecule has 4 unspecified atom stereocenters. The first-order valence-electron chi connectivity index (χ1n) is 6.98. The van der Waals surface area contributed by atoms with Gasteiger partial charge in [-0.05, 0) is 19.3 Å². The third-order valence-corrected chi connectivity index (χ3v) is 6.80. The zero-order valence-electron chi connectivity index (χ0n) is 11.2. The predicted octanol–water partition coefficient (Wildman–Crippen LogP) is 0.967. The quantitative estimate of drug-likeness (QED) is 0.814. The maximum atomic E-state index is 11.7. The Labute approximate surface area is 109 Å². The van der Waals surface area contributed by atoms with E-state index in [1.807, 2.05) is 0 Å². The van der Waals surface area contributed by atoms with Gasteiger partial charge in [-0.25, -0.2) is 8.42 Å². The van der Waals surface area contributed by atoms with Crippen LogP contribution in [0.3, 0.4) is 0 Å². The summed E-state index contributed by atoms with van der Waals surface area (Å²) in [6.07, 6.45) is 3.28. The van der Waals surface area contributed by atoms with Crippen molar-refractivity contribution < 1.29 is 13.2 Å². The summed E-state index contributed by atoms with van der Waals surface area (Å²) in [4.78, 5) is 0. The third kappa shape index (κ3) is 2.00. The second-order valence-electron chi connectivity index (χ2n) is 6.66. The Bertz CT molecular complexity index is 432. The van der Waals surface area contributed by atoms with E-state index >= 15 is 0 Å². The van der Waals surface area contributed by atoms with Crippen molar-refractivity contribution in [3.63, 3.8) is 0 Å². The highest BCUT2D eigenvalue weighted by atomic mass is 32.2. The van der Waals surface area contributed by atoms with Gasteiger partial charge in [-0.3, -0.25) is 0 Å². The molecule has 3 rings (SSSR count). The van der Waals surface area contributed by atoms with Gasteiger partial charge in [-0.15, -0.1) is 0 Å². The van der Waals surface area contributed by atoms with Crippen molar-refractivity contribution in [2.75, 3.05) is 18.1 Å². The lowest BCUT2D eigenvalue weighted by Crippen LogP contribution is -2.68. The van der Waals surface area contributed by atoms with E-state index in [1.165, 1.54) is 0 Å². The summed E-state index contributed by atoms with van der Waals surface area (Å²) < 4.78 is 29.1. The Morgan fingerprint density at radius 2 is 2.06 bits per heavy atom. The largest absolute Gasteiger partial charge is 0.377 e. The molecule has 0 radical (unpaired) electrons. The molecular formula is C13H23NO3S. The van der Waals surface area contributed by atoms with Crippen LogP contribution in [-0.4, -0.2) is 44.7 Å². The Kier molecular flexibility index (Phi) is 2.99. The molecule has 0 spiro atoms. The fourth-order valence-electron chi connectivity index (χ4n) is 4.07. The van der Waals surface area contributed by atoms with E-state index in [4.69, 9.17) is 4.74 Å².